The zero-order valence-electron chi connectivity index (χ0n) is 14.4. The molecule has 0 aromatic carbocycles. The maximum Gasteiger partial charge on any atom is 0.138 e. The Morgan fingerprint density at radius 3 is 2.38 bits per heavy atom. The third kappa shape index (κ3) is 3.86. The van der Waals surface area contributed by atoms with Gasteiger partial charge in [0.1, 0.15) is 17.5 Å². The van der Waals surface area contributed by atoms with Crippen molar-refractivity contribution in [2.24, 2.45) is 5.92 Å². The average Bonchev–Trinajstić information content (AvgIpc) is 3.11. The Morgan fingerprint density at radius 2 is 1.81 bits per heavy atom. The van der Waals surface area contributed by atoms with Crippen molar-refractivity contribution in [3.05, 3.63) is 11.4 Å². The zero-order chi connectivity index (χ0) is 15.6. The van der Waals surface area contributed by atoms with Crippen LogP contribution in [0.4, 0.5) is 11.6 Å². The lowest BCUT2D eigenvalue weighted by Crippen LogP contribution is -2.20. The van der Waals surface area contributed by atoms with E-state index in [9.17, 15) is 0 Å². The standard InChI is InChI=1S/C17H30N4/c1-7-9-12-10-13(12)19-15-11(3)14(18-8-2)20-16(21-15)17(4,5)6/h12-13H,7-10H2,1-6H3,(H2,18,19,20,21). The van der Waals surface area contributed by atoms with Crippen LogP contribution in [0.2, 0.25) is 0 Å². The maximum atomic E-state index is 4.80. The number of nitrogens with zero attached hydrogens (tertiary/aromatic N) is 2. The van der Waals surface area contributed by atoms with Gasteiger partial charge in [0, 0.05) is 23.6 Å². The lowest BCUT2D eigenvalue weighted by molar-refractivity contribution is 0.546. The summed E-state index contributed by atoms with van der Waals surface area (Å²) in [7, 11) is 0. The van der Waals surface area contributed by atoms with E-state index in [1.165, 1.54) is 19.3 Å². The molecule has 1 aromatic rings. The van der Waals surface area contributed by atoms with Crippen LogP contribution in [0.5, 0.6) is 0 Å². The van der Waals surface area contributed by atoms with E-state index >= 15 is 0 Å². The van der Waals surface area contributed by atoms with Gasteiger partial charge in [0.25, 0.3) is 0 Å². The Kier molecular flexibility index (Phi) is 4.74. The van der Waals surface area contributed by atoms with Crippen molar-refractivity contribution in [2.75, 3.05) is 17.2 Å². The highest BCUT2D eigenvalue weighted by molar-refractivity contribution is 5.58. The van der Waals surface area contributed by atoms with Gasteiger partial charge in [0.05, 0.1) is 0 Å². The molecule has 1 heterocycles. The van der Waals surface area contributed by atoms with Gasteiger partial charge in [-0.2, -0.15) is 0 Å². The summed E-state index contributed by atoms with van der Waals surface area (Å²) in [6.45, 7) is 13.8. The second kappa shape index (κ2) is 6.20. The molecule has 0 saturated heterocycles. The second-order valence-corrected chi connectivity index (χ2v) is 7.19. The monoisotopic (exact) mass is 290 g/mol. The Bertz CT molecular complexity index is 490. The molecule has 1 fully saturated rings. The molecular weight excluding hydrogens is 260 g/mol. The van der Waals surface area contributed by atoms with Gasteiger partial charge >= 0.3 is 0 Å². The molecule has 1 saturated carbocycles. The topological polar surface area (TPSA) is 49.8 Å². The average molecular weight is 290 g/mol. The van der Waals surface area contributed by atoms with Crippen LogP contribution >= 0.6 is 0 Å². The number of nitrogens with one attached hydrogen (secondary N) is 2. The van der Waals surface area contributed by atoms with Crippen molar-refractivity contribution >= 4 is 11.6 Å². The summed E-state index contributed by atoms with van der Waals surface area (Å²) in [5, 5.41) is 7.01. The molecule has 0 amide bonds. The van der Waals surface area contributed by atoms with E-state index in [2.05, 4.69) is 52.2 Å². The van der Waals surface area contributed by atoms with Crippen LogP contribution < -0.4 is 10.6 Å². The van der Waals surface area contributed by atoms with Crippen molar-refractivity contribution in [1.82, 2.24) is 9.97 Å². The molecule has 0 spiro atoms. The number of anilines is 2. The number of aromatic nitrogens is 2. The summed E-state index contributed by atoms with van der Waals surface area (Å²) < 4.78 is 0. The van der Waals surface area contributed by atoms with E-state index < -0.39 is 0 Å². The Morgan fingerprint density at radius 1 is 1.14 bits per heavy atom. The summed E-state index contributed by atoms with van der Waals surface area (Å²) in [4.78, 5) is 9.51. The van der Waals surface area contributed by atoms with Crippen molar-refractivity contribution in [3.63, 3.8) is 0 Å². The van der Waals surface area contributed by atoms with Gasteiger partial charge in [-0.25, -0.2) is 9.97 Å². The smallest absolute Gasteiger partial charge is 0.138 e. The summed E-state index contributed by atoms with van der Waals surface area (Å²) in [6, 6.07) is 0.598. The SMILES string of the molecule is CCCC1CC1Nc1nc(C(C)(C)C)nc(NCC)c1C. The van der Waals surface area contributed by atoms with Gasteiger partial charge in [-0.3, -0.25) is 0 Å². The van der Waals surface area contributed by atoms with Crippen molar-refractivity contribution in [1.29, 1.82) is 0 Å². The number of hydrogen-bond acceptors (Lipinski definition) is 4. The Labute approximate surface area is 129 Å². The highest BCUT2D eigenvalue weighted by atomic mass is 15.1. The van der Waals surface area contributed by atoms with E-state index in [1.807, 2.05) is 0 Å². The first-order valence-electron chi connectivity index (χ1n) is 8.26. The van der Waals surface area contributed by atoms with Crippen LogP contribution in [-0.2, 0) is 5.41 Å². The molecule has 0 bridgehead atoms. The molecule has 2 N–H and O–H groups in total. The first-order chi connectivity index (χ1) is 9.86. The minimum Gasteiger partial charge on any atom is -0.370 e. The molecule has 21 heavy (non-hydrogen) atoms. The van der Waals surface area contributed by atoms with Gasteiger partial charge in [0.2, 0.25) is 0 Å². The normalized spacial score (nSPS) is 21.2. The lowest BCUT2D eigenvalue weighted by atomic mass is 9.95. The molecule has 4 nitrogen and oxygen atoms in total. The number of hydrogen-bond donors (Lipinski definition) is 2. The largest absolute Gasteiger partial charge is 0.370 e. The fraction of sp³-hybridized carbons (Fsp3) is 0.765. The second-order valence-electron chi connectivity index (χ2n) is 7.19. The number of rotatable bonds is 6. The van der Waals surface area contributed by atoms with Crippen LogP contribution in [-0.4, -0.2) is 22.6 Å². The summed E-state index contributed by atoms with van der Waals surface area (Å²) in [5.41, 5.74) is 1.09. The van der Waals surface area contributed by atoms with E-state index in [0.29, 0.717) is 6.04 Å². The molecule has 4 heteroatoms. The molecule has 2 rings (SSSR count). The van der Waals surface area contributed by atoms with E-state index in [4.69, 9.17) is 9.97 Å². The van der Waals surface area contributed by atoms with E-state index in [1.54, 1.807) is 0 Å². The van der Waals surface area contributed by atoms with Crippen LogP contribution in [0.15, 0.2) is 0 Å². The molecule has 2 unspecified atom stereocenters. The predicted molar refractivity (Wildman–Crippen MR) is 90.1 cm³/mol. The van der Waals surface area contributed by atoms with E-state index in [0.717, 1.165) is 35.5 Å². The minimum absolute atomic E-state index is 0.0410. The summed E-state index contributed by atoms with van der Waals surface area (Å²) >= 11 is 0. The van der Waals surface area contributed by atoms with Crippen molar-refractivity contribution < 1.29 is 0 Å². The fourth-order valence-corrected chi connectivity index (χ4v) is 2.62. The molecular formula is C17H30N4. The maximum absolute atomic E-state index is 4.80. The van der Waals surface area contributed by atoms with Gasteiger partial charge in [-0.15, -0.1) is 0 Å². The van der Waals surface area contributed by atoms with Gasteiger partial charge < -0.3 is 10.6 Å². The third-order valence-electron chi connectivity index (χ3n) is 4.07. The molecule has 1 aliphatic rings. The first kappa shape index (κ1) is 16.1. The predicted octanol–water partition coefficient (Wildman–Crippen LogP) is 4.11. The lowest BCUT2D eigenvalue weighted by Gasteiger charge is -2.21. The van der Waals surface area contributed by atoms with Crippen molar-refractivity contribution in [2.45, 2.75) is 72.3 Å². The third-order valence-corrected chi connectivity index (χ3v) is 4.07. The van der Waals surface area contributed by atoms with Crippen LogP contribution in [0, 0.1) is 12.8 Å². The Hall–Kier alpha value is -1.32. The zero-order valence-corrected chi connectivity index (χ0v) is 14.4. The Balaban J connectivity index is 2.24. The van der Waals surface area contributed by atoms with E-state index in [-0.39, 0.29) is 5.41 Å². The van der Waals surface area contributed by atoms with Gasteiger partial charge in [-0.05, 0) is 32.6 Å². The van der Waals surface area contributed by atoms with Crippen LogP contribution in [0.1, 0.15) is 65.3 Å². The molecule has 2 atom stereocenters. The van der Waals surface area contributed by atoms with Crippen LogP contribution in [0.25, 0.3) is 0 Å². The molecule has 118 valence electrons. The highest BCUT2D eigenvalue weighted by Crippen LogP contribution is 2.38. The first-order valence-corrected chi connectivity index (χ1v) is 8.26. The highest BCUT2D eigenvalue weighted by Gasteiger charge is 2.36. The molecule has 1 aliphatic carbocycles. The van der Waals surface area contributed by atoms with Crippen LogP contribution in [0.3, 0.4) is 0 Å². The summed E-state index contributed by atoms with van der Waals surface area (Å²) in [5.74, 6) is 3.70. The van der Waals surface area contributed by atoms with Crippen molar-refractivity contribution in [3.8, 4) is 0 Å². The summed E-state index contributed by atoms with van der Waals surface area (Å²) in [6.07, 6.45) is 3.86. The molecule has 0 aliphatic heterocycles. The van der Waals surface area contributed by atoms with Gasteiger partial charge in [0.15, 0.2) is 0 Å². The fourth-order valence-electron chi connectivity index (χ4n) is 2.62. The van der Waals surface area contributed by atoms with Gasteiger partial charge in [-0.1, -0.05) is 34.1 Å². The quantitative estimate of drug-likeness (QED) is 0.827. The minimum atomic E-state index is -0.0410. The molecule has 1 aromatic heterocycles. The molecule has 0 radical (unpaired) electrons.